The van der Waals surface area contributed by atoms with Gasteiger partial charge in [-0.05, 0) is 12.0 Å². The maximum Gasteiger partial charge on any atom is 0.00869 e. The van der Waals surface area contributed by atoms with E-state index in [2.05, 4.69) is 55.0 Å². The molecule has 0 fully saturated rings. The van der Waals surface area contributed by atoms with Gasteiger partial charge in [0.05, 0.1) is 0 Å². The Morgan fingerprint density at radius 2 is 1.75 bits per heavy atom. The number of hydrogen-bond acceptors (Lipinski definition) is 0. The van der Waals surface area contributed by atoms with E-state index in [0.717, 1.165) is 6.42 Å². The lowest BCUT2D eigenvalue weighted by molar-refractivity contribution is 1.18. The molecular weight excluding hydrogens is 144 g/mol. The molecule has 59 valence electrons. The summed E-state index contributed by atoms with van der Waals surface area (Å²) >= 11 is 0. The van der Waals surface area contributed by atoms with Crippen LogP contribution >= 0.6 is 0 Å². The fourth-order valence-electron chi connectivity index (χ4n) is 1.36. The van der Waals surface area contributed by atoms with Crippen molar-refractivity contribution in [3.63, 3.8) is 0 Å². The van der Waals surface area contributed by atoms with E-state index in [4.69, 9.17) is 0 Å². The average molecular weight is 155 g/mol. The molecule has 0 saturated heterocycles. The summed E-state index contributed by atoms with van der Waals surface area (Å²) in [6.45, 7) is 0. The number of rotatable bonds is 2. The smallest absolute Gasteiger partial charge is 0.00869 e. The van der Waals surface area contributed by atoms with E-state index in [9.17, 15) is 0 Å². The van der Waals surface area contributed by atoms with Gasteiger partial charge in [-0.15, -0.1) is 0 Å². The molecule has 0 unspecified atom stereocenters. The first-order valence-electron chi connectivity index (χ1n) is 4.20. The van der Waals surface area contributed by atoms with Crippen LogP contribution in [0, 0.1) is 6.42 Å². The second-order valence-corrected chi connectivity index (χ2v) is 2.96. The van der Waals surface area contributed by atoms with Crippen LogP contribution in [0.5, 0.6) is 0 Å². The van der Waals surface area contributed by atoms with Crippen LogP contribution in [-0.2, 0) is 6.42 Å². The van der Waals surface area contributed by atoms with Gasteiger partial charge < -0.3 is 0 Å². The molecule has 1 aromatic rings. The van der Waals surface area contributed by atoms with Crippen molar-refractivity contribution in [3.05, 3.63) is 66.1 Å². The highest BCUT2D eigenvalue weighted by Gasteiger charge is 2.00. The maximum atomic E-state index is 2.16. The van der Waals surface area contributed by atoms with Gasteiger partial charge >= 0.3 is 0 Å². The summed E-state index contributed by atoms with van der Waals surface area (Å²) < 4.78 is 0. The molecule has 0 N–H and O–H groups in total. The van der Waals surface area contributed by atoms with E-state index < -0.39 is 0 Å². The van der Waals surface area contributed by atoms with Crippen LogP contribution in [0.4, 0.5) is 0 Å². The Morgan fingerprint density at radius 3 is 2.42 bits per heavy atom. The SMILES string of the molecule is [CH]1C=CC=C1Cc1ccccc1. The minimum absolute atomic E-state index is 1.05. The third-order valence-corrected chi connectivity index (χ3v) is 1.98. The molecule has 1 aliphatic carbocycles. The Bertz CT molecular complexity index is 304. The molecular formula is C12H11. The van der Waals surface area contributed by atoms with Crippen LogP contribution in [0.25, 0.3) is 0 Å². The van der Waals surface area contributed by atoms with Crippen LogP contribution in [0.15, 0.2) is 54.1 Å². The molecule has 0 heteroatoms. The predicted molar refractivity (Wildman–Crippen MR) is 51.7 cm³/mol. The van der Waals surface area contributed by atoms with Gasteiger partial charge in [-0.2, -0.15) is 0 Å². The second-order valence-electron chi connectivity index (χ2n) is 2.96. The van der Waals surface area contributed by atoms with Gasteiger partial charge in [0.2, 0.25) is 0 Å². The Hall–Kier alpha value is -1.30. The Balaban J connectivity index is 2.05. The molecule has 1 aromatic carbocycles. The highest BCUT2D eigenvalue weighted by Crippen LogP contribution is 2.14. The second kappa shape index (κ2) is 3.40. The molecule has 0 heterocycles. The summed E-state index contributed by atoms with van der Waals surface area (Å²) in [6, 6.07) is 10.5. The summed E-state index contributed by atoms with van der Waals surface area (Å²) in [7, 11) is 0. The first-order valence-corrected chi connectivity index (χ1v) is 4.20. The topological polar surface area (TPSA) is 0 Å². The molecule has 0 atom stereocenters. The summed E-state index contributed by atoms with van der Waals surface area (Å²) in [4.78, 5) is 0. The van der Waals surface area contributed by atoms with Crippen LogP contribution < -0.4 is 0 Å². The summed E-state index contributed by atoms with van der Waals surface area (Å²) in [6.07, 6.45) is 9.53. The normalized spacial score (nSPS) is 14.8. The molecule has 1 aliphatic rings. The van der Waals surface area contributed by atoms with Crippen LogP contribution in [0.2, 0.25) is 0 Å². The first kappa shape index (κ1) is 7.35. The molecule has 0 amide bonds. The maximum absolute atomic E-state index is 2.16. The standard InChI is InChI=1S/C12H11/c1-2-6-11(7-3-1)10-12-8-4-5-9-12/h1-9H,10H2. The van der Waals surface area contributed by atoms with Crippen molar-refractivity contribution in [1.29, 1.82) is 0 Å². The zero-order valence-corrected chi connectivity index (χ0v) is 6.90. The van der Waals surface area contributed by atoms with Crippen molar-refractivity contribution in [3.8, 4) is 0 Å². The van der Waals surface area contributed by atoms with E-state index in [-0.39, 0.29) is 0 Å². The van der Waals surface area contributed by atoms with Crippen LogP contribution in [0.3, 0.4) is 0 Å². The van der Waals surface area contributed by atoms with Gasteiger partial charge in [0.15, 0.2) is 0 Å². The summed E-state index contributed by atoms with van der Waals surface area (Å²) in [5.41, 5.74) is 2.77. The van der Waals surface area contributed by atoms with Gasteiger partial charge in [0.25, 0.3) is 0 Å². The zero-order chi connectivity index (χ0) is 8.23. The van der Waals surface area contributed by atoms with Gasteiger partial charge in [0, 0.05) is 6.42 Å². The van der Waals surface area contributed by atoms with E-state index in [1.807, 2.05) is 0 Å². The molecule has 1 radical (unpaired) electrons. The van der Waals surface area contributed by atoms with Gasteiger partial charge in [-0.25, -0.2) is 0 Å². The molecule has 2 rings (SSSR count). The zero-order valence-electron chi connectivity index (χ0n) is 6.90. The van der Waals surface area contributed by atoms with Crippen molar-refractivity contribution in [2.45, 2.75) is 6.42 Å². The Kier molecular flexibility index (Phi) is 2.08. The molecule has 0 bridgehead atoms. The first-order chi connectivity index (χ1) is 5.95. The van der Waals surface area contributed by atoms with E-state index >= 15 is 0 Å². The van der Waals surface area contributed by atoms with E-state index in [0.29, 0.717) is 0 Å². The lowest BCUT2D eigenvalue weighted by Crippen LogP contribution is -1.86. The molecule has 12 heavy (non-hydrogen) atoms. The lowest BCUT2D eigenvalue weighted by atomic mass is 10.1. The average Bonchev–Trinajstić information content (AvgIpc) is 2.59. The summed E-state index contributed by atoms with van der Waals surface area (Å²) in [5, 5.41) is 0. The lowest BCUT2D eigenvalue weighted by Gasteiger charge is -2.00. The van der Waals surface area contributed by atoms with Gasteiger partial charge in [0.1, 0.15) is 0 Å². The molecule has 0 nitrogen and oxygen atoms in total. The number of allylic oxidation sites excluding steroid dienone is 4. The fourth-order valence-corrected chi connectivity index (χ4v) is 1.36. The number of hydrogen-bond donors (Lipinski definition) is 0. The minimum atomic E-state index is 1.05. The molecule has 0 aromatic heterocycles. The van der Waals surface area contributed by atoms with Crippen molar-refractivity contribution in [2.75, 3.05) is 0 Å². The molecule has 0 saturated carbocycles. The largest absolute Gasteiger partial charge is 0.0764 e. The van der Waals surface area contributed by atoms with Crippen LogP contribution in [-0.4, -0.2) is 0 Å². The predicted octanol–water partition coefficient (Wildman–Crippen LogP) is 2.93. The Morgan fingerprint density at radius 1 is 0.917 bits per heavy atom. The highest BCUT2D eigenvalue weighted by molar-refractivity contribution is 5.37. The third-order valence-electron chi connectivity index (χ3n) is 1.98. The quantitative estimate of drug-likeness (QED) is 0.616. The summed E-state index contributed by atoms with van der Waals surface area (Å²) in [5.74, 6) is 0. The van der Waals surface area contributed by atoms with Crippen LogP contribution in [0.1, 0.15) is 5.56 Å². The Labute approximate surface area is 73.2 Å². The van der Waals surface area contributed by atoms with E-state index in [1.165, 1.54) is 11.1 Å². The third kappa shape index (κ3) is 1.65. The van der Waals surface area contributed by atoms with Crippen molar-refractivity contribution in [2.24, 2.45) is 0 Å². The monoisotopic (exact) mass is 155 g/mol. The molecule has 0 spiro atoms. The fraction of sp³-hybridized carbons (Fsp3) is 0.0833. The van der Waals surface area contributed by atoms with Gasteiger partial charge in [-0.3, -0.25) is 0 Å². The van der Waals surface area contributed by atoms with Gasteiger partial charge in [-0.1, -0.05) is 54.1 Å². The minimum Gasteiger partial charge on any atom is -0.0764 e. The molecule has 0 aliphatic heterocycles. The van der Waals surface area contributed by atoms with Crippen molar-refractivity contribution < 1.29 is 0 Å². The number of benzene rings is 1. The van der Waals surface area contributed by atoms with E-state index in [1.54, 1.807) is 0 Å². The van der Waals surface area contributed by atoms with Crippen molar-refractivity contribution >= 4 is 0 Å². The van der Waals surface area contributed by atoms with Crippen molar-refractivity contribution in [1.82, 2.24) is 0 Å². The highest BCUT2D eigenvalue weighted by atomic mass is 14.0.